The zero-order chi connectivity index (χ0) is 22.8. The summed E-state index contributed by atoms with van der Waals surface area (Å²) in [5.74, 6) is 0.147. The molecule has 4 heterocycles. The van der Waals surface area contributed by atoms with Crippen LogP contribution in [0.15, 0.2) is 53.4 Å². The van der Waals surface area contributed by atoms with Crippen LogP contribution in [0.25, 0.3) is 0 Å². The summed E-state index contributed by atoms with van der Waals surface area (Å²) in [7, 11) is 0. The van der Waals surface area contributed by atoms with Gasteiger partial charge in [-0.1, -0.05) is 12.1 Å². The quantitative estimate of drug-likeness (QED) is 0.643. The maximum Gasteiger partial charge on any atom is 0.274 e. The summed E-state index contributed by atoms with van der Waals surface area (Å²) in [6, 6.07) is 9.86. The van der Waals surface area contributed by atoms with E-state index in [0.29, 0.717) is 50.5 Å². The lowest BCUT2D eigenvalue weighted by molar-refractivity contribution is -0.126. The highest BCUT2D eigenvalue weighted by molar-refractivity contribution is 5.93. The van der Waals surface area contributed by atoms with Crippen molar-refractivity contribution in [3.8, 4) is 0 Å². The first-order chi connectivity index (χ1) is 16.1. The summed E-state index contributed by atoms with van der Waals surface area (Å²) >= 11 is 0. The summed E-state index contributed by atoms with van der Waals surface area (Å²) in [6.45, 7) is 2.14. The molecular formula is C24H25FN4O4. The van der Waals surface area contributed by atoms with E-state index in [-0.39, 0.29) is 36.3 Å². The lowest BCUT2D eigenvalue weighted by Crippen LogP contribution is -2.43. The van der Waals surface area contributed by atoms with Crippen LogP contribution < -0.4 is 5.32 Å². The Morgan fingerprint density at radius 2 is 1.94 bits per heavy atom. The van der Waals surface area contributed by atoms with Gasteiger partial charge in [0.1, 0.15) is 17.7 Å². The number of benzene rings is 1. The Morgan fingerprint density at radius 3 is 2.67 bits per heavy atom. The van der Waals surface area contributed by atoms with Crippen molar-refractivity contribution in [1.82, 2.24) is 19.8 Å². The number of furan rings is 1. The average Bonchev–Trinajstić information content (AvgIpc) is 3.52. The first-order valence-corrected chi connectivity index (χ1v) is 11.1. The van der Waals surface area contributed by atoms with E-state index in [1.807, 2.05) is 10.6 Å². The van der Waals surface area contributed by atoms with Crippen LogP contribution in [-0.2, 0) is 29.2 Å². The number of fused-ring (bicyclic) bond motifs is 1. The highest BCUT2D eigenvalue weighted by Crippen LogP contribution is 2.29. The van der Waals surface area contributed by atoms with Gasteiger partial charge < -0.3 is 23.9 Å². The van der Waals surface area contributed by atoms with Crippen LogP contribution in [0.1, 0.15) is 46.5 Å². The molecule has 1 atom stereocenters. The summed E-state index contributed by atoms with van der Waals surface area (Å²) in [5.41, 5.74) is 2.03. The van der Waals surface area contributed by atoms with Gasteiger partial charge in [-0.2, -0.15) is 0 Å². The lowest BCUT2D eigenvalue weighted by atomic mass is 9.95. The zero-order valence-electron chi connectivity index (χ0n) is 18.1. The molecule has 0 radical (unpaired) electrons. The number of carbonyl (C=O) groups excluding carboxylic acids is 2. The van der Waals surface area contributed by atoms with E-state index in [9.17, 15) is 14.0 Å². The van der Waals surface area contributed by atoms with Crippen molar-refractivity contribution in [3.05, 3.63) is 77.5 Å². The van der Waals surface area contributed by atoms with Gasteiger partial charge in [0.2, 0.25) is 5.91 Å². The molecule has 33 heavy (non-hydrogen) atoms. The minimum absolute atomic E-state index is 0.0156. The molecule has 5 rings (SSSR count). The maximum atomic E-state index is 13.2. The molecule has 2 aliphatic rings. The average molecular weight is 452 g/mol. The molecule has 8 nitrogen and oxygen atoms in total. The Balaban J connectivity index is 1.17. The number of nitrogens with one attached hydrogen (secondary N) is 1. The van der Waals surface area contributed by atoms with E-state index in [1.54, 1.807) is 35.7 Å². The van der Waals surface area contributed by atoms with E-state index in [1.165, 1.54) is 12.1 Å². The summed E-state index contributed by atoms with van der Waals surface area (Å²) in [6.07, 6.45) is 4.24. The fourth-order valence-electron chi connectivity index (χ4n) is 4.41. The highest BCUT2D eigenvalue weighted by Gasteiger charge is 2.32. The number of halogens is 1. The SMILES string of the molecule is O=C(NCc1ccco1)C1CCN(C(=O)c2ncn3c2COC(c2ccc(F)cc2)C3)CC1. The number of carbonyl (C=O) groups is 2. The van der Waals surface area contributed by atoms with E-state index in [0.717, 1.165) is 11.3 Å². The van der Waals surface area contributed by atoms with E-state index >= 15 is 0 Å². The van der Waals surface area contributed by atoms with Gasteiger partial charge in [0.05, 0.1) is 38.0 Å². The largest absolute Gasteiger partial charge is 0.467 e. The van der Waals surface area contributed by atoms with Crippen molar-refractivity contribution in [2.75, 3.05) is 13.1 Å². The molecule has 1 unspecified atom stereocenters. The van der Waals surface area contributed by atoms with Gasteiger partial charge in [-0.05, 0) is 42.7 Å². The van der Waals surface area contributed by atoms with Gasteiger partial charge in [-0.25, -0.2) is 9.37 Å². The molecule has 0 bridgehead atoms. The summed E-state index contributed by atoms with van der Waals surface area (Å²) in [5, 5.41) is 2.90. The zero-order valence-corrected chi connectivity index (χ0v) is 18.1. The van der Waals surface area contributed by atoms with Crippen LogP contribution in [0.2, 0.25) is 0 Å². The predicted octanol–water partition coefficient (Wildman–Crippen LogP) is 3.06. The normalized spacial score (nSPS) is 18.7. The molecule has 1 fully saturated rings. The third-order valence-electron chi connectivity index (χ3n) is 6.34. The van der Waals surface area contributed by atoms with Crippen LogP contribution in [0, 0.1) is 11.7 Å². The van der Waals surface area contributed by atoms with Gasteiger partial charge in [0.25, 0.3) is 5.91 Å². The van der Waals surface area contributed by atoms with Crippen LogP contribution in [0.3, 0.4) is 0 Å². The predicted molar refractivity (Wildman–Crippen MR) is 115 cm³/mol. The molecule has 1 saturated heterocycles. The second kappa shape index (κ2) is 9.19. The minimum Gasteiger partial charge on any atom is -0.467 e. The van der Waals surface area contributed by atoms with Gasteiger partial charge in [-0.3, -0.25) is 9.59 Å². The van der Waals surface area contributed by atoms with Crippen molar-refractivity contribution in [1.29, 1.82) is 0 Å². The Hall–Kier alpha value is -3.46. The fourth-order valence-corrected chi connectivity index (χ4v) is 4.41. The van der Waals surface area contributed by atoms with Gasteiger partial charge in [-0.15, -0.1) is 0 Å². The Kier molecular flexibility index (Phi) is 5.95. The number of nitrogens with zero attached hydrogens (tertiary/aromatic N) is 3. The van der Waals surface area contributed by atoms with E-state index < -0.39 is 0 Å². The number of hydrogen-bond acceptors (Lipinski definition) is 5. The molecule has 3 aromatic rings. The number of imidazole rings is 1. The van der Waals surface area contributed by atoms with Crippen LogP contribution in [-0.4, -0.2) is 39.4 Å². The molecule has 2 aliphatic heterocycles. The highest BCUT2D eigenvalue weighted by atomic mass is 19.1. The molecule has 2 amide bonds. The molecular weight excluding hydrogens is 427 g/mol. The van der Waals surface area contributed by atoms with Crippen LogP contribution >= 0.6 is 0 Å². The number of piperidine rings is 1. The van der Waals surface area contributed by atoms with Crippen molar-refractivity contribution in [2.24, 2.45) is 5.92 Å². The number of amides is 2. The number of likely N-dealkylation sites (tertiary alicyclic amines) is 1. The van der Waals surface area contributed by atoms with E-state index in [4.69, 9.17) is 9.15 Å². The molecule has 172 valence electrons. The molecule has 9 heteroatoms. The number of rotatable bonds is 5. The lowest BCUT2D eigenvalue weighted by Gasteiger charge is -2.31. The fraction of sp³-hybridized carbons (Fsp3) is 0.375. The van der Waals surface area contributed by atoms with Crippen LogP contribution in [0.5, 0.6) is 0 Å². The van der Waals surface area contributed by atoms with E-state index in [2.05, 4.69) is 10.3 Å². The topological polar surface area (TPSA) is 89.6 Å². The molecule has 0 aliphatic carbocycles. The summed E-state index contributed by atoms with van der Waals surface area (Å²) in [4.78, 5) is 31.7. The summed E-state index contributed by atoms with van der Waals surface area (Å²) < 4.78 is 26.3. The molecule has 2 aromatic heterocycles. The Labute approximate surface area is 190 Å². The van der Waals surface area contributed by atoms with Gasteiger partial charge in [0, 0.05) is 19.0 Å². The second-order valence-electron chi connectivity index (χ2n) is 8.41. The molecule has 1 N–H and O–H groups in total. The number of ether oxygens (including phenoxy) is 1. The molecule has 0 spiro atoms. The smallest absolute Gasteiger partial charge is 0.274 e. The van der Waals surface area contributed by atoms with Crippen molar-refractivity contribution >= 4 is 11.8 Å². The Bertz CT molecular complexity index is 1120. The van der Waals surface area contributed by atoms with Crippen molar-refractivity contribution in [2.45, 2.75) is 38.6 Å². The third kappa shape index (κ3) is 4.54. The standard InChI is InChI=1S/C24H25FN4O4/c25-18-5-3-16(4-6-18)21-13-29-15-27-22(20(29)14-33-21)24(31)28-9-7-17(8-10-28)23(30)26-12-19-2-1-11-32-19/h1-6,11,15,17,21H,7-10,12-14H2,(H,26,30). The van der Waals surface area contributed by atoms with Crippen molar-refractivity contribution in [3.63, 3.8) is 0 Å². The van der Waals surface area contributed by atoms with Crippen LogP contribution in [0.4, 0.5) is 4.39 Å². The first kappa shape index (κ1) is 21.4. The first-order valence-electron chi connectivity index (χ1n) is 11.1. The number of hydrogen-bond donors (Lipinski definition) is 1. The van der Waals surface area contributed by atoms with Gasteiger partial charge >= 0.3 is 0 Å². The third-order valence-corrected chi connectivity index (χ3v) is 6.34. The number of aromatic nitrogens is 2. The van der Waals surface area contributed by atoms with Gasteiger partial charge in [0.15, 0.2) is 5.69 Å². The monoisotopic (exact) mass is 452 g/mol. The van der Waals surface area contributed by atoms with Crippen molar-refractivity contribution < 1.29 is 23.1 Å². The molecule has 0 saturated carbocycles. The molecule has 1 aromatic carbocycles. The maximum absolute atomic E-state index is 13.2. The second-order valence-corrected chi connectivity index (χ2v) is 8.41. The minimum atomic E-state index is -0.287. The Morgan fingerprint density at radius 1 is 1.15 bits per heavy atom.